The summed E-state index contributed by atoms with van der Waals surface area (Å²) in [4.78, 5) is 60.5. The highest BCUT2D eigenvalue weighted by Crippen LogP contribution is 2.11. The average Bonchev–Trinajstić information content (AvgIpc) is 2.72. The summed E-state index contributed by atoms with van der Waals surface area (Å²) in [6.45, 7) is 7.45. The molecule has 0 saturated heterocycles. The first-order chi connectivity index (χ1) is 15.0. The third kappa shape index (κ3) is 11.5. The molecular weight excluding hydrogens is 436 g/mol. The van der Waals surface area contributed by atoms with Crippen molar-refractivity contribution in [1.29, 1.82) is 0 Å². The second-order valence-electron chi connectivity index (χ2n) is 8.30. The van der Waals surface area contributed by atoms with Gasteiger partial charge in [0, 0.05) is 0 Å². The molecule has 11 heteroatoms. The molecule has 0 aromatic heterocycles. The fourth-order valence-electron chi connectivity index (χ4n) is 2.92. The molecule has 3 amide bonds. The number of carboxylic acid groups (broad SMARTS) is 1. The number of carbonyl (C=O) groups is 5. The summed E-state index contributed by atoms with van der Waals surface area (Å²) < 4.78 is 0. The van der Waals surface area contributed by atoms with Crippen molar-refractivity contribution in [3.63, 3.8) is 0 Å². The van der Waals surface area contributed by atoms with Crippen molar-refractivity contribution in [2.24, 2.45) is 17.6 Å². The molecule has 5 atom stereocenters. The summed E-state index contributed by atoms with van der Waals surface area (Å²) in [6.07, 6.45) is 3.13. The van der Waals surface area contributed by atoms with Gasteiger partial charge in [-0.2, -0.15) is 11.8 Å². The van der Waals surface area contributed by atoms with Gasteiger partial charge in [-0.25, -0.2) is 0 Å². The van der Waals surface area contributed by atoms with Crippen LogP contribution in [-0.2, 0) is 24.0 Å². The lowest BCUT2D eigenvalue weighted by atomic mass is 9.96. The van der Waals surface area contributed by atoms with Gasteiger partial charge < -0.3 is 31.6 Å². The van der Waals surface area contributed by atoms with Gasteiger partial charge in [-0.15, -0.1) is 0 Å². The fraction of sp³-hybridized carbons (Fsp3) is 0.762. The SMILES string of the molecule is CC[C@H](C)[C@H](NC(=O)[C@@H](N)CC(C)C)C(=O)N[C@@H](CC(=O)O)C(=O)N[C@H](C=O)CCSC. The Hall–Kier alpha value is -2.14. The molecule has 184 valence electrons. The highest BCUT2D eigenvalue weighted by molar-refractivity contribution is 7.98. The topological polar surface area (TPSA) is 168 Å². The van der Waals surface area contributed by atoms with Crippen LogP contribution in [0.1, 0.15) is 53.4 Å². The van der Waals surface area contributed by atoms with Crippen LogP contribution in [0.3, 0.4) is 0 Å². The van der Waals surface area contributed by atoms with Gasteiger partial charge in [-0.1, -0.05) is 34.1 Å². The van der Waals surface area contributed by atoms with Crippen LogP contribution in [-0.4, -0.2) is 71.3 Å². The van der Waals surface area contributed by atoms with Crippen molar-refractivity contribution >= 4 is 41.7 Å². The smallest absolute Gasteiger partial charge is 0.305 e. The van der Waals surface area contributed by atoms with Crippen molar-refractivity contribution in [3.05, 3.63) is 0 Å². The molecule has 0 bridgehead atoms. The first-order valence-corrected chi connectivity index (χ1v) is 12.2. The van der Waals surface area contributed by atoms with Gasteiger partial charge in [0.2, 0.25) is 17.7 Å². The Morgan fingerprint density at radius 3 is 2.12 bits per heavy atom. The summed E-state index contributed by atoms with van der Waals surface area (Å²) in [6, 6.07) is -3.97. The number of rotatable bonds is 16. The predicted molar refractivity (Wildman–Crippen MR) is 124 cm³/mol. The lowest BCUT2D eigenvalue weighted by molar-refractivity contribution is -0.141. The van der Waals surface area contributed by atoms with Crippen molar-refractivity contribution in [1.82, 2.24) is 16.0 Å². The summed E-state index contributed by atoms with van der Waals surface area (Å²) in [7, 11) is 0. The van der Waals surface area contributed by atoms with Crippen molar-refractivity contribution in [3.8, 4) is 0 Å². The van der Waals surface area contributed by atoms with E-state index in [0.717, 1.165) is 0 Å². The highest BCUT2D eigenvalue weighted by Gasteiger charge is 2.32. The van der Waals surface area contributed by atoms with Crippen LogP contribution in [0.25, 0.3) is 0 Å². The number of nitrogens with one attached hydrogen (secondary N) is 3. The van der Waals surface area contributed by atoms with Crippen LogP contribution in [0.2, 0.25) is 0 Å². The molecule has 0 aromatic carbocycles. The normalized spacial score (nSPS) is 15.7. The maximum absolute atomic E-state index is 12.9. The number of carboxylic acids is 1. The van der Waals surface area contributed by atoms with Gasteiger partial charge in [-0.05, 0) is 36.7 Å². The summed E-state index contributed by atoms with van der Waals surface area (Å²) in [5, 5.41) is 16.7. The molecular formula is C21H38N4O6S. The second-order valence-corrected chi connectivity index (χ2v) is 9.29. The Balaban J connectivity index is 5.43. The molecule has 0 saturated carbocycles. The zero-order chi connectivity index (χ0) is 24.8. The number of amides is 3. The van der Waals surface area contributed by atoms with Crippen LogP contribution in [0.15, 0.2) is 0 Å². The minimum absolute atomic E-state index is 0.187. The van der Waals surface area contributed by atoms with E-state index >= 15 is 0 Å². The van der Waals surface area contributed by atoms with Crippen molar-refractivity contribution in [2.45, 2.75) is 77.5 Å². The van der Waals surface area contributed by atoms with E-state index in [0.29, 0.717) is 31.3 Å². The average molecular weight is 475 g/mol. The molecule has 0 aliphatic carbocycles. The molecule has 0 fully saturated rings. The standard InChI is InChI=1S/C21H38N4O6S/c1-6-13(4)18(25-19(29)15(22)9-12(2)3)21(31)24-16(10-17(27)28)20(30)23-14(11-26)7-8-32-5/h11-16,18H,6-10,22H2,1-5H3,(H,23,30)(H,24,31)(H,25,29)(H,27,28)/t13-,14-,15-,16-,18-/m0/s1. The van der Waals surface area contributed by atoms with Crippen molar-refractivity contribution in [2.75, 3.05) is 12.0 Å². The van der Waals surface area contributed by atoms with Gasteiger partial charge in [0.15, 0.2) is 0 Å². The van der Waals surface area contributed by atoms with Crippen LogP contribution < -0.4 is 21.7 Å². The van der Waals surface area contributed by atoms with E-state index in [1.165, 1.54) is 11.8 Å². The molecule has 6 N–H and O–H groups in total. The molecule has 0 rings (SSSR count). The van der Waals surface area contributed by atoms with Crippen LogP contribution >= 0.6 is 11.8 Å². The Labute approximate surface area is 194 Å². The lowest BCUT2D eigenvalue weighted by Gasteiger charge is -2.27. The molecule has 0 aliphatic rings. The third-order valence-electron chi connectivity index (χ3n) is 4.99. The Morgan fingerprint density at radius 2 is 1.66 bits per heavy atom. The number of aliphatic carboxylic acids is 1. The molecule has 0 radical (unpaired) electrons. The van der Waals surface area contributed by atoms with Gasteiger partial charge >= 0.3 is 5.97 Å². The zero-order valence-electron chi connectivity index (χ0n) is 19.6. The van der Waals surface area contributed by atoms with E-state index in [1.807, 2.05) is 27.0 Å². The van der Waals surface area contributed by atoms with Gasteiger partial charge in [0.05, 0.1) is 18.5 Å². The van der Waals surface area contributed by atoms with E-state index in [4.69, 9.17) is 5.73 Å². The number of hydrogen-bond donors (Lipinski definition) is 5. The molecule has 0 aromatic rings. The first kappa shape index (κ1) is 29.9. The lowest BCUT2D eigenvalue weighted by Crippen LogP contribution is -2.58. The minimum atomic E-state index is -1.40. The van der Waals surface area contributed by atoms with E-state index < -0.39 is 54.3 Å². The number of nitrogens with two attached hydrogens (primary N) is 1. The monoisotopic (exact) mass is 474 g/mol. The predicted octanol–water partition coefficient (Wildman–Crippen LogP) is 0.287. The van der Waals surface area contributed by atoms with Crippen LogP contribution in [0.4, 0.5) is 0 Å². The third-order valence-corrected chi connectivity index (χ3v) is 5.64. The summed E-state index contributed by atoms with van der Waals surface area (Å²) >= 11 is 1.50. The molecule has 10 nitrogen and oxygen atoms in total. The molecule has 0 heterocycles. The number of carbonyl (C=O) groups excluding carboxylic acids is 4. The number of hydrogen-bond acceptors (Lipinski definition) is 7. The van der Waals surface area contributed by atoms with E-state index in [9.17, 15) is 29.1 Å². The van der Waals surface area contributed by atoms with Gasteiger partial charge in [0.25, 0.3) is 0 Å². The fourth-order valence-corrected chi connectivity index (χ4v) is 3.41. The van der Waals surface area contributed by atoms with Gasteiger partial charge in [0.1, 0.15) is 18.4 Å². The zero-order valence-corrected chi connectivity index (χ0v) is 20.4. The molecule has 32 heavy (non-hydrogen) atoms. The quantitative estimate of drug-likeness (QED) is 0.199. The second kappa shape index (κ2) is 15.6. The molecule has 0 spiro atoms. The minimum Gasteiger partial charge on any atom is -0.481 e. The number of aldehydes is 1. The first-order valence-electron chi connectivity index (χ1n) is 10.8. The Morgan fingerprint density at radius 1 is 1.03 bits per heavy atom. The molecule has 0 aliphatic heterocycles. The highest BCUT2D eigenvalue weighted by atomic mass is 32.2. The van der Waals surface area contributed by atoms with Crippen LogP contribution in [0.5, 0.6) is 0 Å². The maximum Gasteiger partial charge on any atom is 0.305 e. The largest absolute Gasteiger partial charge is 0.481 e. The summed E-state index contributed by atoms with van der Waals surface area (Å²) in [5.74, 6) is -2.72. The Kier molecular flexibility index (Phi) is 14.6. The number of thioether (sulfide) groups is 1. The van der Waals surface area contributed by atoms with Gasteiger partial charge in [-0.3, -0.25) is 19.2 Å². The van der Waals surface area contributed by atoms with E-state index in [2.05, 4.69) is 16.0 Å². The van der Waals surface area contributed by atoms with Crippen molar-refractivity contribution < 1.29 is 29.1 Å². The Bertz CT molecular complexity index is 646. The van der Waals surface area contributed by atoms with E-state index in [-0.39, 0.29) is 11.8 Å². The maximum atomic E-state index is 12.9. The van der Waals surface area contributed by atoms with E-state index in [1.54, 1.807) is 6.92 Å². The molecule has 0 unspecified atom stereocenters. The van der Waals surface area contributed by atoms with Crippen LogP contribution in [0, 0.1) is 11.8 Å². The summed E-state index contributed by atoms with van der Waals surface area (Å²) in [5.41, 5.74) is 5.91.